The molecule has 0 aliphatic carbocycles. The van der Waals surface area contributed by atoms with E-state index in [9.17, 15) is 13.6 Å². The van der Waals surface area contributed by atoms with Crippen LogP contribution in [0.15, 0.2) is 36.8 Å². The van der Waals surface area contributed by atoms with Crippen molar-refractivity contribution in [1.29, 1.82) is 0 Å². The summed E-state index contributed by atoms with van der Waals surface area (Å²) in [6, 6.07) is 0.782. The lowest BCUT2D eigenvalue weighted by Crippen LogP contribution is -2.33. The summed E-state index contributed by atoms with van der Waals surface area (Å²) < 4.78 is 27.9. The first-order valence-electron chi connectivity index (χ1n) is 8.48. The number of rotatable bonds is 5. The van der Waals surface area contributed by atoms with Gasteiger partial charge in [0.05, 0.1) is 18.4 Å². The number of aromatic nitrogens is 4. The summed E-state index contributed by atoms with van der Waals surface area (Å²) in [5.41, 5.74) is 0.506. The molecule has 0 saturated heterocycles. The van der Waals surface area contributed by atoms with Gasteiger partial charge in [-0.05, 0) is 11.5 Å². The lowest BCUT2D eigenvalue weighted by Gasteiger charge is -2.29. The van der Waals surface area contributed by atoms with Gasteiger partial charge in [-0.1, -0.05) is 26.8 Å². The second-order valence-corrected chi connectivity index (χ2v) is 7.33. The lowest BCUT2D eigenvalue weighted by molar-refractivity contribution is -0.131. The van der Waals surface area contributed by atoms with Crippen molar-refractivity contribution in [2.45, 2.75) is 26.8 Å². The smallest absolute Gasteiger partial charge is 0.328 e. The van der Waals surface area contributed by atoms with E-state index in [2.05, 4.69) is 25.3 Å². The number of halogens is 2. The van der Waals surface area contributed by atoms with Gasteiger partial charge in [0, 0.05) is 23.2 Å². The van der Waals surface area contributed by atoms with E-state index in [0.717, 1.165) is 18.5 Å². The van der Waals surface area contributed by atoms with Gasteiger partial charge in [0.1, 0.15) is 11.5 Å². The van der Waals surface area contributed by atoms with Crippen molar-refractivity contribution in [2.75, 3.05) is 5.32 Å². The number of hydrogen-bond acceptors (Lipinski definition) is 5. The van der Waals surface area contributed by atoms with E-state index in [-0.39, 0.29) is 11.6 Å². The van der Waals surface area contributed by atoms with Gasteiger partial charge in [-0.2, -0.15) is 0 Å². The van der Waals surface area contributed by atoms with Gasteiger partial charge in [-0.25, -0.2) is 28.5 Å². The van der Waals surface area contributed by atoms with E-state index in [4.69, 9.17) is 5.11 Å². The number of nitrogens with one attached hydrogen (secondary N) is 2. The van der Waals surface area contributed by atoms with Crippen molar-refractivity contribution in [3.05, 3.63) is 48.4 Å². The minimum Gasteiger partial charge on any atom is -0.478 e. The second kappa shape index (κ2) is 7.34. The molecule has 28 heavy (non-hydrogen) atoms. The van der Waals surface area contributed by atoms with Crippen LogP contribution in [0.1, 0.15) is 20.8 Å². The number of aliphatic carboxylic acids is 1. The van der Waals surface area contributed by atoms with Crippen LogP contribution >= 0.6 is 0 Å². The number of hydrogen-bond donors (Lipinski definition) is 3. The molecule has 1 atom stereocenters. The Morgan fingerprint density at radius 3 is 2.71 bits per heavy atom. The molecule has 3 aromatic heterocycles. The molecular weight excluding hydrogens is 368 g/mol. The van der Waals surface area contributed by atoms with Crippen molar-refractivity contribution in [3.63, 3.8) is 0 Å². The molecule has 0 aromatic carbocycles. The minimum absolute atomic E-state index is 0.0846. The number of pyridine rings is 1. The molecule has 0 bridgehead atoms. The lowest BCUT2D eigenvalue weighted by atomic mass is 9.86. The summed E-state index contributed by atoms with van der Waals surface area (Å²) >= 11 is 0. The Bertz CT molecular complexity index is 1060. The predicted molar refractivity (Wildman–Crippen MR) is 101 cm³/mol. The highest BCUT2D eigenvalue weighted by Gasteiger charge is 2.24. The van der Waals surface area contributed by atoms with Crippen LogP contribution in [-0.4, -0.2) is 37.1 Å². The highest BCUT2D eigenvalue weighted by Crippen LogP contribution is 2.29. The Morgan fingerprint density at radius 2 is 2.04 bits per heavy atom. The van der Waals surface area contributed by atoms with Crippen molar-refractivity contribution in [2.24, 2.45) is 5.41 Å². The number of fused-ring (bicyclic) bond motifs is 1. The maximum Gasteiger partial charge on any atom is 0.328 e. The van der Waals surface area contributed by atoms with Crippen molar-refractivity contribution < 1.29 is 18.7 Å². The molecule has 9 heteroatoms. The second-order valence-electron chi connectivity index (χ2n) is 7.33. The summed E-state index contributed by atoms with van der Waals surface area (Å²) in [6.07, 6.45) is 6.10. The van der Waals surface area contributed by atoms with E-state index in [1.165, 1.54) is 12.1 Å². The Kier molecular flexibility index (Phi) is 5.08. The first kappa shape index (κ1) is 19.4. The van der Waals surface area contributed by atoms with E-state index in [0.29, 0.717) is 16.6 Å². The van der Waals surface area contributed by atoms with Crippen LogP contribution in [0.25, 0.3) is 22.4 Å². The van der Waals surface area contributed by atoms with Crippen LogP contribution < -0.4 is 5.32 Å². The molecule has 0 aliphatic heterocycles. The third-order valence-corrected chi connectivity index (χ3v) is 4.14. The van der Waals surface area contributed by atoms with Crippen molar-refractivity contribution in [1.82, 2.24) is 19.9 Å². The zero-order valence-corrected chi connectivity index (χ0v) is 15.5. The molecular formula is C19H19F2N5O2. The molecule has 3 heterocycles. The molecule has 1 unspecified atom stereocenters. The van der Waals surface area contributed by atoms with Crippen LogP contribution in [0, 0.1) is 17.0 Å². The zero-order valence-electron chi connectivity index (χ0n) is 15.5. The highest BCUT2D eigenvalue weighted by atomic mass is 19.1. The van der Waals surface area contributed by atoms with Crippen LogP contribution in [0.3, 0.4) is 0 Å². The number of H-pyrrole nitrogens is 1. The fraction of sp³-hybridized carbons (Fsp3) is 0.263. The molecule has 0 fully saturated rings. The largest absolute Gasteiger partial charge is 0.478 e. The van der Waals surface area contributed by atoms with Crippen LogP contribution in [0.5, 0.6) is 0 Å². The maximum absolute atomic E-state index is 14.3. The van der Waals surface area contributed by atoms with Gasteiger partial charge < -0.3 is 15.4 Å². The summed E-state index contributed by atoms with van der Waals surface area (Å²) in [6.45, 7) is 5.64. The van der Waals surface area contributed by atoms with E-state index in [1.54, 1.807) is 6.20 Å². The summed E-state index contributed by atoms with van der Waals surface area (Å²) in [7, 11) is 0. The van der Waals surface area contributed by atoms with Gasteiger partial charge in [0.15, 0.2) is 17.5 Å². The Labute approximate surface area is 159 Å². The number of carboxylic acids is 1. The number of carbonyl (C=O) groups is 1. The Morgan fingerprint density at radius 1 is 1.29 bits per heavy atom. The number of carboxylic acid groups (broad SMARTS) is 1. The van der Waals surface area contributed by atoms with Crippen molar-refractivity contribution >= 4 is 22.8 Å². The van der Waals surface area contributed by atoms with Crippen LogP contribution in [-0.2, 0) is 4.79 Å². The maximum atomic E-state index is 14.3. The summed E-state index contributed by atoms with van der Waals surface area (Å²) in [4.78, 5) is 25.9. The average Bonchev–Trinajstić information content (AvgIpc) is 3.01. The molecule has 0 amide bonds. The third-order valence-electron chi connectivity index (χ3n) is 4.14. The normalized spacial score (nSPS) is 13.2. The fourth-order valence-corrected chi connectivity index (χ4v) is 2.64. The molecule has 146 valence electrons. The Balaban J connectivity index is 2.01. The van der Waals surface area contributed by atoms with Gasteiger partial charge in [0.25, 0.3) is 0 Å². The number of aromatic amines is 1. The predicted octanol–water partition coefficient (Wildman–Crippen LogP) is 3.77. The van der Waals surface area contributed by atoms with Gasteiger partial charge >= 0.3 is 5.97 Å². The average molecular weight is 387 g/mol. The molecule has 0 saturated carbocycles. The quantitative estimate of drug-likeness (QED) is 0.576. The standard InChI is InChI=1S/C19H19F2N5O2/c1-19(2,3)14(4-5-15(27)28)25-18-13(21)9-24-17(26-18)12-8-23-16-11(12)6-10(20)7-22-16/h4-9,14H,1-3H3,(H,22,23)(H,27,28)(H,24,25,26). The van der Waals surface area contributed by atoms with E-state index in [1.807, 2.05) is 20.8 Å². The molecule has 3 rings (SSSR count). The van der Waals surface area contributed by atoms with Gasteiger partial charge in [-0.15, -0.1) is 0 Å². The zero-order chi connectivity index (χ0) is 20.5. The highest BCUT2D eigenvalue weighted by molar-refractivity contribution is 5.91. The van der Waals surface area contributed by atoms with E-state index < -0.39 is 29.1 Å². The molecule has 0 radical (unpaired) electrons. The SMILES string of the molecule is CC(C)(C)C(C=CC(=O)O)Nc1nc(-c2c[nH]c3ncc(F)cc23)ncc1F. The molecule has 0 aliphatic rings. The fourth-order valence-electron chi connectivity index (χ4n) is 2.64. The van der Waals surface area contributed by atoms with Crippen molar-refractivity contribution in [3.8, 4) is 11.4 Å². The first-order chi connectivity index (χ1) is 13.1. The Hall–Kier alpha value is -3.36. The minimum atomic E-state index is -1.10. The van der Waals surface area contributed by atoms with E-state index >= 15 is 0 Å². The molecule has 3 aromatic rings. The van der Waals surface area contributed by atoms with Crippen LogP contribution in [0.4, 0.5) is 14.6 Å². The summed E-state index contributed by atoms with van der Waals surface area (Å²) in [5.74, 6) is -2.21. The number of nitrogens with zero attached hydrogens (tertiary/aromatic N) is 3. The molecule has 3 N–H and O–H groups in total. The molecule has 7 nitrogen and oxygen atoms in total. The monoisotopic (exact) mass is 387 g/mol. The van der Waals surface area contributed by atoms with Crippen LogP contribution in [0.2, 0.25) is 0 Å². The summed E-state index contributed by atoms with van der Waals surface area (Å²) in [5, 5.41) is 12.3. The topological polar surface area (TPSA) is 104 Å². The van der Waals surface area contributed by atoms with Gasteiger partial charge in [-0.3, -0.25) is 0 Å². The molecule has 0 spiro atoms. The van der Waals surface area contributed by atoms with Gasteiger partial charge in [0.2, 0.25) is 0 Å². The number of anilines is 1. The third kappa shape index (κ3) is 4.13. The first-order valence-corrected chi connectivity index (χ1v) is 8.48.